The minimum atomic E-state index is -4.57. The molecule has 0 aliphatic heterocycles. The van der Waals surface area contributed by atoms with Crippen molar-refractivity contribution < 1.29 is 31.5 Å². The molecule has 0 saturated carbocycles. The number of sulfonamides is 1. The van der Waals surface area contributed by atoms with Crippen molar-refractivity contribution in [1.82, 2.24) is 19.3 Å². The van der Waals surface area contributed by atoms with Crippen LogP contribution in [0.3, 0.4) is 0 Å². The molecular weight excluding hydrogens is 608 g/mol. The van der Waals surface area contributed by atoms with Crippen molar-refractivity contribution in [2.45, 2.75) is 37.7 Å². The van der Waals surface area contributed by atoms with Crippen LogP contribution in [-0.2, 0) is 14.8 Å². The average molecular weight is 636 g/mol. The molecule has 0 aliphatic carbocycles. The predicted molar refractivity (Wildman–Crippen MR) is 156 cm³/mol. The van der Waals surface area contributed by atoms with Crippen LogP contribution in [0.1, 0.15) is 27.2 Å². The molecule has 11 nitrogen and oxygen atoms in total. The first-order valence-corrected chi connectivity index (χ1v) is 14.7. The molecule has 4 aromatic rings. The molecule has 0 saturated heterocycles. The molecule has 3 heterocycles. The van der Waals surface area contributed by atoms with Crippen LogP contribution in [-0.4, -0.2) is 59.6 Å². The summed E-state index contributed by atoms with van der Waals surface area (Å²) in [6.07, 6.45) is 3.90. The van der Waals surface area contributed by atoms with E-state index in [1.807, 2.05) is 0 Å². The maximum Gasteiger partial charge on any atom is 0.410 e. The van der Waals surface area contributed by atoms with Gasteiger partial charge in [-0.05, 0) is 57.5 Å². The molecule has 15 heteroatoms. The summed E-state index contributed by atoms with van der Waals surface area (Å²) in [5, 5.41) is -0.0939. The summed E-state index contributed by atoms with van der Waals surface area (Å²) in [5.74, 6) is -2.37. The van der Waals surface area contributed by atoms with E-state index in [0.717, 1.165) is 12.1 Å². The van der Waals surface area contributed by atoms with E-state index in [2.05, 4.69) is 14.7 Å². The van der Waals surface area contributed by atoms with Crippen molar-refractivity contribution in [1.29, 1.82) is 0 Å². The number of pyridine rings is 2. The van der Waals surface area contributed by atoms with Crippen LogP contribution < -0.4 is 15.0 Å². The number of nitrogens with one attached hydrogen (secondary N) is 1. The van der Waals surface area contributed by atoms with Crippen LogP contribution in [0.5, 0.6) is 5.88 Å². The fourth-order valence-corrected chi connectivity index (χ4v) is 5.07. The van der Waals surface area contributed by atoms with Crippen molar-refractivity contribution >= 4 is 39.1 Å². The van der Waals surface area contributed by atoms with E-state index < -0.39 is 43.8 Å². The Kier molecular flexibility index (Phi) is 9.21. The topological polar surface area (TPSA) is 132 Å². The third-order valence-electron chi connectivity index (χ3n) is 5.85. The number of fused-ring (bicyclic) bond motifs is 1. The van der Waals surface area contributed by atoms with Crippen molar-refractivity contribution in [3.63, 3.8) is 0 Å². The highest BCUT2D eigenvalue weighted by atomic mass is 35.5. The minimum absolute atomic E-state index is 0.0225. The predicted octanol–water partition coefficient (Wildman–Crippen LogP) is 5.12. The number of benzene rings is 1. The number of aromatic nitrogens is 3. The summed E-state index contributed by atoms with van der Waals surface area (Å²) < 4.78 is 68.6. The summed E-state index contributed by atoms with van der Waals surface area (Å²) in [5.41, 5.74) is -0.183. The molecule has 3 aromatic heterocycles. The zero-order valence-corrected chi connectivity index (χ0v) is 25.2. The average Bonchev–Trinajstić information content (AvgIpc) is 2.92. The molecule has 0 unspecified atom stereocenters. The van der Waals surface area contributed by atoms with Gasteiger partial charge in [-0.15, -0.1) is 0 Å². The fourth-order valence-electron chi connectivity index (χ4n) is 3.82. The van der Waals surface area contributed by atoms with Gasteiger partial charge in [-0.1, -0.05) is 11.6 Å². The molecule has 4 rings (SSSR count). The van der Waals surface area contributed by atoms with E-state index in [1.165, 1.54) is 34.0 Å². The zero-order valence-electron chi connectivity index (χ0n) is 23.6. The second-order valence-corrected chi connectivity index (χ2v) is 12.5. The Bertz CT molecular complexity index is 1850. The number of nitrogens with zero attached hydrogens (tertiary/aromatic N) is 4. The first-order chi connectivity index (χ1) is 20.1. The van der Waals surface area contributed by atoms with Gasteiger partial charge in [-0.25, -0.2) is 32.0 Å². The molecule has 228 valence electrons. The van der Waals surface area contributed by atoms with Crippen molar-refractivity contribution in [2.75, 3.05) is 24.9 Å². The van der Waals surface area contributed by atoms with Gasteiger partial charge < -0.3 is 14.4 Å². The second-order valence-electron chi connectivity index (χ2n) is 10.4. The summed E-state index contributed by atoms with van der Waals surface area (Å²) in [6.45, 7) is 5.53. The maximum atomic E-state index is 14.4. The summed E-state index contributed by atoms with van der Waals surface area (Å²) >= 11 is 5.93. The number of hydrogen-bond donors (Lipinski definition) is 1. The van der Waals surface area contributed by atoms with Gasteiger partial charge in [-0.3, -0.25) is 13.9 Å². The van der Waals surface area contributed by atoms with Crippen LogP contribution in [0.25, 0.3) is 16.8 Å². The van der Waals surface area contributed by atoms with E-state index in [1.54, 1.807) is 40.0 Å². The molecule has 1 N–H and O–H groups in total. The van der Waals surface area contributed by atoms with Crippen LogP contribution in [0.4, 0.5) is 19.3 Å². The molecule has 0 fully saturated rings. The van der Waals surface area contributed by atoms with E-state index >= 15 is 0 Å². The molecule has 1 aromatic carbocycles. The standard InChI is InChI=1S/C28H28ClF2N5O6S/c1-28(2,3)42-27(38)35(4)10-5-11-41-25-22(34-43(39,40)23-8-7-19(30)13-21(23)31)12-18(14-33-25)17-6-9-24-32-15-20(29)26(37)36(24)16-17/h6-9,12-16,34H,5,10-11H2,1-4H3. The monoisotopic (exact) mass is 635 g/mol. The van der Waals surface area contributed by atoms with Crippen LogP contribution in [0, 0.1) is 11.6 Å². The van der Waals surface area contributed by atoms with E-state index in [0.29, 0.717) is 29.3 Å². The molecule has 0 aliphatic rings. The fraction of sp³-hybridized carbons (Fsp3) is 0.286. The van der Waals surface area contributed by atoms with Crippen molar-refractivity contribution in [3.8, 4) is 17.0 Å². The molecular formula is C28H28ClF2N5O6S. The lowest BCUT2D eigenvalue weighted by atomic mass is 10.1. The van der Waals surface area contributed by atoms with Crippen LogP contribution in [0.2, 0.25) is 5.02 Å². The van der Waals surface area contributed by atoms with Gasteiger partial charge in [0.05, 0.1) is 12.8 Å². The van der Waals surface area contributed by atoms with Gasteiger partial charge in [0, 0.05) is 43.2 Å². The van der Waals surface area contributed by atoms with E-state index in [4.69, 9.17) is 21.1 Å². The van der Waals surface area contributed by atoms with E-state index in [9.17, 15) is 26.8 Å². The molecule has 0 atom stereocenters. The van der Waals surface area contributed by atoms with Crippen LogP contribution >= 0.6 is 11.6 Å². The quantitative estimate of drug-likeness (QED) is 0.251. The Labute approximate surface area is 251 Å². The van der Waals surface area contributed by atoms with Crippen molar-refractivity contribution in [2.24, 2.45) is 0 Å². The Morgan fingerprint density at radius 1 is 1.09 bits per heavy atom. The third kappa shape index (κ3) is 7.76. The lowest BCUT2D eigenvalue weighted by molar-refractivity contribution is 0.0292. The normalized spacial score (nSPS) is 11.8. The van der Waals surface area contributed by atoms with Crippen LogP contribution in [0.15, 0.2) is 64.7 Å². The highest BCUT2D eigenvalue weighted by molar-refractivity contribution is 7.92. The zero-order chi connectivity index (χ0) is 31.5. The Hall–Kier alpha value is -4.30. The van der Waals surface area contributed by atoms with Crippen molar-refractivity contribution in [3.05, 3.63) is 82.0 Å². The molecule has 43 heavy (non-hydrogen) atoms. The Morgan fingerprint density at radius 3 is 2.53 bits per heavy atom. The SMILES string of the molecule is CN(CCCOc1ncc(-c2ccc3ncc(Cl)c(=O)n3c2)cc1NS(=O)(=O)c1ccc(F)cc1F)C(=O)OC(C)(C)C. The number of halogens is 3. The number of rotatable bonds is 9. The highest BCUT2D eigenvalue weighted by Gasteiger charge is 2.23. The minimum Gasteiger partial charge on any atom is -0.476 e. The number of ether oxygens (including phenoxy) is 2. The lowest BCUT2D eigenvalue weighted by Gasteiger charge is -2.24. The molecule has 0 spiro atoms. The number of hydrogen-bond acceptors (Lipinski definition) is 8. The highest BCUT2D eigenvalue weighted by Crippen LogP contribution is 2.31. The first kappa shape index (κ1) is 31.6. The summed E-state index contributed by atoms with van der Waals surface area (Å²) in [6, 6.07) is 6.65. The van der Waals surface area contributed by atoms with Gasteiger partial charge in [0.15, 0.2) is 0 Å². The Balaban J connectivity index is 1.63. The number of carbonyl (C=O) groups is 1. The third-order valence-corrected chi connectivity index (χ3v) is 7.51. The number of carbonyl (C=O) groups excluding carboxylic acids is 1. The smallest absolute Gasteiger partial charge is 0.410 e. The first-order valence-electron chi connectivity index (χ1n) is 12.9. The van der Waals surface area contributed by atoms with E-state index in [-0.39, 0.29) is 29.7 Å². The van der Waals surface area contributed by atoms with Gasteiger partial charge in [0.1, 0.15) is 38.5 Å². The van der Waals surface area contributed by atoms with Gasteiger partial charge in [0.2, 0.25) is 5.88 Å². The van der Waals surface area contributed by atoms with Gasteiger partial charge >= 0.3 is 6.09 Å². The maximum absolute atomic E-state index is 14.4. The Morgan fingerprint density at radius 2 is 1.84 bits per heavy atom. The summed E-state index contributed by atoms with van der Waals surface area (Å²) in [4.78, 5) is 33.6. The number of amides is 1. The largest absolute Gasteiger partial charge is 0.476 e. The second kappa shape index (κ2) is 12.5. The lowest BCUT2D eigenvalue weighted by Crippen LogP contribution is -2.35. The van der Waals surface area contributed by atoms with Gasteiger partial charge in [0.25, 0.3) is 15.6 Å². The molecule has 1 amide bonds. The molecule has 0 radical (unpaired) electrons. The summed E-state index contributed by atoms with van der Waals surface area (Å²) in [7, 11) is -3.00. The molecule has 0 bridgehead atoms. The van der Waals surface area contributed by atoms with Gasteiger partial charge in [-0.2, -0.15) is 0 Å². The number of anilines is 1.